The summed E-state index contributed by atoms with van der Waals surface area (Å²) in [4.78, 5) is 4.01. The van der Waals surface area contributed by atoms with Gasteiger partial charge in [0.2, 0.25) is 0 Å². The molecule has 134 valence electrons. The van der Waals surface area contributed by atoms with Gasteiger partial charge in [-0.15, -0.1) is 11.3 Å². The van der Waals surface area contributed by atoms with Crippen molar-refractivity contribution in [1.29, 1.82) is 0 Å². The number of ether oxygens (including phenoxy) is 1. The Labute approximate surface area is 159 Å². The van der Waals surface area contributed by atoms with Gasteiger partial charge in [0.25, 0.3) is 0 Å². The third-order valence-corrected chi connectivity index (χ3v) is 5.67. The summed E-state index contributed by atoms with van der Waals surface area (Å²) in [5.74, 6) is 1.54. The van der Waals surface area contributed by atoms with Gasteiger partial charge in [-0.05, 0) is 79.8 Å². The summed E-state index contributed by atoms with van der Waals surface area (Å²) in [6.07, 6.45) is 2.45. The van der Waals surface area contributed by atoms with Crippen LogP contribution in [0, 0.1) is 5.92 Å². The Hall–Kier alpha value is -1.63. The zero-order chi connectivity index (χ0) is 17.5. The zero-order valence-corrected chi connectivity index (χ0v) is 16.2. The van der Waals surface area contributed by atoms with E-state index in [1.165, 1.54) is 30.8 Å². The van der Waals surface area contributed by atoms with Gasteiger partial charge >= 0.3 is 0 Å². The van der Waals surface area contributed by atoms with Crippen LogP contribution < -0.4 is 15.4 Å². The molecule has 0 bridgehead atoms. The Morgan fingerprint density at radius 1 is 1.24 bits per heavy atom. The second kappa shape index (κ2) is 9.17. The molecule has 1 fully saturated rings. The number of hydrogen-bond acceptors (Lipinski definition) is 4. The maximum atomic E-state index is 5.40. The van der Waals surface area contributed by atoms with Gasteiger partial charge in [0.15, 0.2) is 5.11 Å². The van der Waals surface area contributed by atoms with Gasteiger partial charge < -0.3 is 15.4 Å². The average Bonchev–Trinajstić information content (AvgIpc) is 3.15. The van der Waals surface area contributed by atoms with Crippen LogP contribution in [0.3, 0.4) is 0 Å². The molecule has 1 aliphatic heterocycles. The summed E-state index contributed by atoms with van der Waals surface area (Å²) in [6.45, 7) is 4.37. The molecule has 2 heterocycles. The van der Waals surface area contributed by atoms with E-state index in [0.29, 0.717) is 11.0 Å². The Bertz CT molecular complexity index is 650. The first kappa shape index (κ1) is 18.2. The van der Waals surface area contributed by atoms with Crippen LogP contribution in [0.4, 0.5) is 5.69 Å². The van der Waals surface area contributed by atoms with Crippen molar-refractivity contribution in [3.63, 3.8) is 0 Å². The highest BCUT2D eigenvalue weighted by atomic mass is 32.1. The molecule has 1 aliphatic rings. The second-order valence-corrected chi connectivity index (χ2v) is 7.80. The van der Waals surface area contributed by atoms with Crippen LogP contribution in [0.2, 0.25) is 0 Å². The fourth-order valence-electron chi connectivity index (χ4n) is 3.06. The molecule has 25 heavy (non-hydrogen) atoms. The Morgan fingerprint density at radius 2 is 2.00 bits per heavy atom. The fraction of sp³-hybridized carbons (Fsp3) is 0.421. The largest absolute Gasteiger partial charge is 0.497 e. The highest BCUT2D eigenvalue weighted by Gasteiger charge is 2.19. The van der Waals surface area contributed by atoms with Crippen molar-refractivity contribution in [2.24, 2.45) is 5.92 Å². The number of likely N-dealkylation sites (tertiary alicyclic amines) is 1. The molecule has 1 aromatic carbocycles. The molecule has 1 aromatic heterocycles. The van der Waals surface area contributed by atoms with Crippen molar-refractivity contribution >= 4 is 34.4 Å². The molecule has 0 saturated carbocycles. The van der Waals surface area contributed by atoms with Crippen LogP contribution >= 0.6 is 23.6 Å². The normalized spacial score (nSPS) is 15.7. The van der Waals surface area contributed by atoms with E-state index in [4.69, 9.17) is 17.0 Å². The van der Waals surface area contributed by atoms with Crippen molar-refractivity contribution in [1.82, 2.24) is 10.2 Å². The summed E-state index contributed by atoms with van der Waals surface area (Å²) in [5, 5.41) is 9.43. The maximum absolute atomic E-state index is 5.40. The average molecular weight is 376 g/mol. The number of hydrogen-bond donors (Lipinski definition) is 2. The lowest BCUT2D eigenvalue weighted by atomic mass is 9.97. The van der Waals surface area contributed by atoms with E-state index >= 15 is 0 Å². The van der Waals surface area contributed by atoms with Crippen LogP contribution in [-0.4, -0.2) is 36.8 Å². The molecule has 2 aromatic rings. The molecule has 0 amide bonds. The van der Waals surface area contributed by atoms with Crippen molar-refractivity contribution in [2.75, 3.05) is 32.1 Å². The van der Waals surface area contributed by atoms with Crippen LogP contribution in [0.5, 0.6) is 5.75 Å². The molecule has 0 unspecified atom stereocenters. The van der Waals surface area contributed by atoms with Crippen molar-refractivity contribution < 1.29 is 4.74 Å². The molecule has 4 nitrogen and oxygen atoms in total. The van der Waals surface area contributed by atoms with Crippen molar-refractivity contribution in [3.8, 4) is 5.75 Å². The lowest BCUT2D eigenvalue weighted by Gasteiger charge is -2.31. The predicted molar refractivity (Wildman–Crippen MR) is 110 cm³/mol. The zero-order valence-electron chi connectivity index (χ0n) is 14.5. The van der Waals surface area contributed by atoms with Gasteiger partial charge in [0, 0.05) is 23.7 Å². The van der Waals surface area contributed by atoms with E-state index in [1.54, 1.807) is 7.11 Å². The molecule has 0 aliphatic carbocycles. The summed E-state index contributed by atoms with van der Waals surface area (Å²) in [6, 6.07) is 12.1. The quantitative estimate of drug-likeness (QED) is 0.748. The number of thiocarbonyl (C=S) groups is 1. The van der Waals surface area contributed by atoms with E-state index < -0.39 is 0 Å². The van der Waals surface area contributed by atoms with E-state index in [1.807, 2.05) is 35.6 Å². The third-order valence-electron chi connectivity index (χ3n) is 4.57. The van der Waals surface area contributed by atoms with Gasteiger partial charge in [-0.1, -0.05) is 6.07 Å². The van der Waals surface area contributed by atoms with E-state index in [0.717, 1.165) is 24.5 Å². The molecule has 0 atom stereocenters. The summed E-state index contributed by atoms with van der Waals surface area (Å²) in [7, 11) is 1.67. The molecule has 6 heteroatoms. The Morgan fingerprint density at radius 3 is 2.64 bits per heavy atom. The second-order valence-electron chi connectivity index (χ2n) is 6.36. The first-order valence-corrected chi connectivity index (χ1v) is 9.95. The van der Waals surface area contributed by atoms with Gasteiger partial charge in [-0.25, -0.2) is 0 Å². The minimum atomic E-state index is 0.686. The lowest BCUT2D eigenvalue weighted by molar-refractivity contribution is 0.179. The number of nitrogens with one attached hydrogen (secondary N) is 2. The number of methoxy groups -OCH3 is 1. The van der Waals surface area contributed by atoms with Gasteiger partial charge in [0.05, 0.1) is 7.11 Å². The number of rotatable bonds is 6. The fourth-order valence-corrected chi connectivity index (χ4v) is 4.01. The van der Waals surface area contributed by atoms with Gasteiger partial charge in [-0.2, -0.15) is 0 Å². The summed E-state index contributed by atoms with van der Waals surface area (Å²) >= 11 is 7.25. The lowest BCUT2D eigenvalue weighted by Crippen LogP contribution is -2.39. The number of thiophene rings is 1. The van der Waals surface area contributed by atoms with Crippen molar-refractivity contribution in [2.45, 2.75) is 19.4 Å². The van der Waals surface area contributed by atoms with Gasteiger partial charge in [0.1, 0.15) is 5.75 Å². The molecule has 0 radical (unpaired) electrons. The highest BCUT2D eigenvalue weighted by Crippen LogP contribution is 2.20. The minimum absolute atomic E-state index is 0.686. The number of piperidine rings is 1. The maximum Gasteiger partial charge on any atom is 0.170 e. The van der Waals surface area contributed by atoms with Crippen LogP contribution in [0.15, 0.2) is 41.8 Å². The van der Waals surface area contributed by atoms with Crippen LogP contribution in [0.1, 0.15) is 17.7 Å². The van der Waals surface area contributed by atoms with Gasteiger partial charge in [-0.3, -0.25) is 4.90 Å². The first-order valence-electron chi connectivity index (χ1n) is 8.66. The van der Waals surface area contributed by atoms with E-state index in [2.05, 4.69) is 33.0 Å². The molecule has 2 N–H and O–H groups in total. The van der Waals surface area contributed by atoms with Crippen LogP contribution in [0.25, 0.3) is 0 Å². The molecule has 1 saturated heterocycles. The molecule has 0 spiro atoms. The van der Waals surface area contributed by atoms with E-state index in [-0.39, 0.29) is 0 Å². The Kier molecular flexibility index (Phi) is 6.67. The van der Waals surface area contributed by atoms with E-state index in [9.17, 15) is 0 Å². The number of benzene rings is 1. The predicted octanol–water partition coefficient (Wildman–Crippen LogP) is 3.96. The molecule has 3 rings (SSSR count). The minimum Gasteiger partial charge on any atom is -0.497 e. The number of nitrogens with zero attached hydrogens (tertiary/aromatic N) is 1. The SMILES string of the molecule is COc1ccc(NC(=S)NCC2CCN(Cc3cccs3)CC2)cc1. The summed E-state index contributed by atoms with van der Waals surface area (Å²) < 4.78 is 5.16. The molecular formula is C19H25N3OS2. The topological polar surface area (TPSA) is 36.5 Å². The van der Waals surface area contributed by atoms with Crippen LogP contribution in [-0.2, 0) is 6.54 Å². The standard InChI is InChI=1S/C19H25N3OS2/c1-23-17-6-4-16(5-7-17)21-19(24)20-13-15-8-10-22(11-9-15)14-18-3-2-12-25-18/h2-7,12,15H,8-11,13-14H2,1H3,(H2,20,21,24). The smallest absolute Gasteiger partial charge is 0.170 e. The summed E-state index contributed by atoms with van der Waals surface area (Å²) in [5.41, 5.74) is 0.976. The van der Waals surface area contributed by atoms with Crippen molar-refractivity contribution in [3.05, 3.63) is 46.7 Å². The third kappa shape index (κ3) is 5.70. The monoisotopic (exact) mass is 375 g/mol. The Balaban J connectivity index is 1.35. The first-order chi connectivity index (χ1) is 12.2. The highest BCUT2D eigenvalue weighted by molar-refractivity contribution is 7.80. The molecular weight excluding hydrogens is 350 g/mol. The number of anilines is 1.